The van der Waals surface area contributed by atoms with E-state index in [0.717, 1.165) is 31.8 Å². The quantitative estimate of drug-likeness (QED) is 0.134. The first-order valence-corrected chi connectivity index (χ1v) is 20.1. The van der Waals surface area contributed by atoms with Crippen LogP contribution in [0.3, 0.4) is 0 Å². The molecule has 4 aromatic rings. The van der Waals surface area contributed by atoms with Crippen LogP contribution in [-0.4, -0.2) is 55.5 Å². The Morgan fingerprint density at radius 2 is 1.14 bits per heavy atom. The molecule has 0 aliphatic rings. The van der Waals surface area contributed by atoms with E-state index < -0.39 is 43.6 Å². The molecule has 49 heavy (non-hydrogen) atoms. The van der Waals surface area contributed by atoms with Crippen molar-refractivity contribution < 1.29 is 44.7 Å². The number of sulfonamides is 2. The number of hydrogen-bond donors (Lipinski definition) is 1. The second-order valence-electron chi connectivity index (χ2n) is 9.86. The number of rotatable bonds is 9. The average Bonchev–Trinajstić information content (AvgIpc) is 3.04. The van der Waals surface area contributed by atoms with Gasteiger partial charge in [0.05, 0.1) is 50.1 Å². The summed E-state index contributed by atoms with van der Waals surface area (Å²) in [6, 6.07) is 21.6. The van der Waals surface area contributed by atoms with Crippen LogP contribution in [0.4, 0.5) is 20.2 Å². The number of hydrogen-bond acceptors (Lipinski definition) is 8. The van der Waals surface area contributed by atoms with E-state index in [9.17, 15) is 35.2 Å². The van der Waals surface area contributed by atoms with Crippen LogP contribution in [0, 0.1) is 11.6 Å². The Morgan fingerprint density at radius 1 is 0.714 bits per heavy atom. The summed E-state index contributed by atoms with van der Waals surface area (Å²) in [5.41, 5.74) is 1.94. The summed E-state index contributed by atoms with van der Waals surface area (Å²) in [5, 5.41) is 0.431. The van der Waals surface area contributed by atoms with Gasteiger partial charge in [-0.05, 0) is 78.4 Å². The maximum absolute atomic E-state index is 14.2. The summed E-state index contributed by atoms with van der Waals surface area (Å²) in [6.45, 7) is -0.187. The summed E-state index contributed by atoms with van der Waals surface area (Å²) in [7, 11) is -4.31. The third-order valence-corrected chi connectivity index (χ3v) is 9.48. The van der Waals surface area contributed by atoms with Crippen LogP contribution in [0.1, 0.15) is 31.8 Å². The summed E-state index contributed by atoms with van der Waals surface area (Å²) in [5.74, 6) is -2.27. The summed E-state index contributed by atoms with van der Waals surface area (Å²) in [6.07, 6.45) is 2.17. The van der Waals surface area contributed by atoms with Gasteiger partial charge in [0.25, 0.3) is 0 Å². The van der Waals surface area contributed by atoms with Crippen molar-refractivity contribution in [2.24, 2.45) is 0 Å². The van der Waals surface area contributed by atoms with Gasteiger partial charge < -0.3 is 9.47 Å². The van der Waals surface area contributed by atoms with E-state index in [4.69, 9.17) is 0 Å². The largest absolute Gasteiger partial charge is 0.465 e. The third kappa shape index (κ3) is 14.2. The number of halogens is 5. The van der Waals surface area contributed by atoms with Crippen LogP contribution in [0.25, 0.3) is 0 Å². The molecule has 0 spiro atoms. The molecule has 0 radical (unpaired) electrons. The van der Waals surface area contributed by atoms with E-state index in [2.05, 4.69) is 62.0 Å². The molecule has 0 fully saturated rings. The first kappa shape index (κ1) is 41.8. The predicted molar refractivity (Wildman–Crippen MR) is 196 cm³/mol. The van der Waals surface area contributed by atoms with E-state index in [1.807, 2.05) is 0 Å². The van der Waals surface area contributed by atoms with Gasteiger partial charge in [0.1, 0.15) is 11.6 Å². The number of carbonyl (C=O) groups excluding carboxylic acids is 2. The molecule has 0 aliphatic heterocycles. The molecule has 0 saturated carbocycles. The number of ether oxygens (including phenoxy) is 2. The fourth-order valence-corrected chi connectivity index (χ4v) is 6.14. The minimum atomic E-state index is -3.62. The van der Waals surface area contributed by atoms with Gasteiger partial charge in [0.2, 0.25) is 20.0 Å². The van der Waals surface area contributed by atoms with Crippen molar-refractivity contribution in [1.29, 1.82) is 0 Å². The van der Waals surface area contributed by atoms with Crippen LogP contribution in [0.15, 0.2) is 93.9 Å². The van der Waals surface area contributed by atoms with Crippen LogP contribution < -0.4 is 9.03 Å². The Labute approximate surface area is 309 Å². The van der Waals surface area contributed by atoms with E-state index in [-0.39, 0.29) is 23.2 Å². The standard InChI is InChI=1S/C16H15BrFNO4S.C9H8BrFO2.C7H8BrNO2S/c1-23-16(20)11-3-4-12(15(18)9-11)10-19(24(2,21)22)14-7-5-13(17)6-8-14;1-13-9(12)6-2-3-7(5-10)8(11)4-6;1-12(10,11)9-7-4-2-6(8)3-5-7/h3-9H,10H2,1-2H3;2-4H,5H2,1H3;2-5,9H,1H3. The van der Waals surface area contributed by atoms with Crippen LogP contribution in [-0.2, 0) is 41.4 Å². The smallest absolute Gasteiger partial charge is 0.337 e. The molecule has 0 unspecified atom stereocenters. The highest BCUT2D eigenvalue weighted by Crippen LogP contribution is 2.24. The van der Waals surface area contributed by atoms with E-state index in [1.165, 1.54) is 38.5 Å². The number of benzene rings is 4. The molecule has 1 N–H and O–H groups in total. The molecule has 0 aromatic heterocycles. The normalized spacial score (nSPS) is 10.8. The lowest BCUT2D eigenvalue weighted by Gasteiger charge is -2.23. The maximum atomic E-state index is 14.2. The number of methoxy groups -OCH3 is 2. The lowest BCUT2D eigenvalue weighted by molar-refractivity contribution is 0.0591. The van der Waals surface area contributed by atoms with Gasteiger partial charge in [0.15, 0.2) is 0 Å². The highest BCUT2D eigenvalue weighted by atomic mass is 79.9. The van der Waals surface area contributed by atoms with E-state index in [1.54, 1.807) is 54.6 Å². The Bertz CT molecular complexity index is 1970. The monoisotopic (exact) mass is 910 g/mol. The van der Waals surface area contributed by atoms with Crippen molar-refractivity contribution in [2.45, 2.75) is 11.9 Å². The second-order valence-corrected chi connectivity index (χ2v) is 15.9. The zero-order valence-corrected chi connectivity index (χ0v) is 32.8. The molecule has 10 nitrogen and oxygen atoms in total. The van der Waals surface area contributed by atoms with Crippen LogP contribution in [0.5, 0.6) is 0 Å². The van der Waals surface area contributed by atoms with Gasteiger partial charge in [-0.15, -0.1) is 0 Å². The number of esters is 2. The molecule has 17 heteroatoms. The van der Waals surface area contributed by atoms with Gasteiger partial charge in [0, 0.05) is 25.5 Å². The van der Waals surface area contributed by atoms with Crippen molar-refractivity contribution in [3.05, 3.63) is 128 Å². The molecule has 0 bridgehead atoms. The number of nitrogens with zero attached hydrogens (tertiary/aromatic N) is 1. The summed E-state index contributed by atoms with van der Waals surface area (Å²) < 4.78 is 87.2. The summed E-state index contributed by atoms with van der Waals surface area (Å²) in [4.78, 5) is 22.4. The molecule has 0 atom stereocenters. The van der Waals surface area contributed by atoms with Crippen LogP contribution >= 0.6 is 47.8 Å². The molecule has 0 heterocycles. The fourth-order valence-electron chi connectivity index (χ4n) is 3.71. The van der Waals surface area contributed by atoms with E-state index in [0.29, 0.717) is 22.3 Å². The Kier molecular flexibility index (Phi) is 16.3. The molecule has 4 rings (SSSR count). The highest BCUT2D eigenvalue weighted by molar-refractivity contribution is 9.10. The molecule has 0 amide bonds. The molecule has 4 aromatic carbocycles. The van der Waals surface area contributed by atoms with Crippen molar-refractivity contribution in [3.8, 4) is 0 Å². The van der Waals surface area contributed by atoms with E-state index >= 15 is 0 Å². The van der Waals surface area contributed by atoms with Gasteiger partial charge in [-0.1, -0.05) is 59.9 Å². The van der Waals surface area contributed by atoms with Crippen molar-refractivity contribution >= 4 is 91.1 Å². The lowest BCUT2D eigenvalue weighted by atomic mass is 10.1. The van der Waals surface area contributed by atoms with Crippen LogP contribution in [0.2, 0.25) is 0 Å². The molecule has 264 valence electrons. The number of carbonyl (C=O) groups is 2. The zero-order chi connectivity index (χ0) is 36.9. The van der Waals surface area contributed by atoms with Crippen molar-refractivity contribution in [1.82, 2.24) is 0 Å². The number of nitrogens with one attached hydrogen (secondary N) is 1. The van der Waals surface area contributed by atoms with Gasteiger partial charge >= 0.3 is 11.9 Å². The Balaban J connectivity index is 0.000000281. The summed E-state index contributed by atoms with van der Waals surface area (Å²) >= 11 is 9.66. The van der Waals surface area contributed by atoms with Gasteiger partial charge in [-0.25, -0.2) is 35.2 Å². The minimum Gasteiger partial charge on any atom is -0.465 e. The number of alkyl halides is 1. The Hall–Kier alpha value is -3.38. The average molecular weight is 913 g/mol. The molecule has 0 saturated heterocycles. The van der Waals surface area contributed by atoms with Crippen molar-refractivity contribution in [2.75, 3.05) is 35.8 Å². The Morgan fingerprint density at radius 3 is 1.51 bits per heavy atom. The zero-order valence-electron chi connectivity index (χ0n) is 26.4. The molecule has 0 aliphatic carbocycles. The fraction of sp³-hybridized carbons (Fsp3) is 0.188. The lowest BCUT2D eigenvalue weighted by Crippen LogP contribution is -2.29. The SMILES string of the molecule is COC(=O)c1ccc(CBr)c(F)c1.COC(=O)c1ccc(CN(c2ccc(Br)cc2)S(C)(=O)=O)c(F)c1.CS(=O)(=O)Nc1ccc(Br)cc1. The predicted octanol–water partition coefficient (Wildman–Crippen LogP) is 7.67. The van der Waals surface area contributed by atoms with Gasteiger partial charge in [-0.2, -0.15) is 0 Å². The van der Waals surface area contributed by atoms with Crippen molar-refractivity contribution in [3.63, 3.8) is 0 Å². The first-order valence-electron chi connectivity index (χ1n) is 13.6. The number of anilines is 2. The molecular formula is C32H31Br3F2N2O8S2. The topological polar surface area (TPSA) is 136 Å². The maximum Gasteiger partial charge on any atom is 0.337 e. The van der Waals surface area contributed by atoms with Gasteiger partial charge in [-0.3, -0.25) is 9.03 Å². The first-order chi connectivity index (χ1) is 22.9. The second kappa shape index (κ2) is 19.1. The minimum absolute atomic E-state index is 0.0632. The molecular weight excluding hydrogens is 882 g/mol. The highest BCUT2D eigenvalue weighted by Gasteiger charge is 2.20. The third-order valence-electron chi connectivity index (χ3n) is 6.07.